The van der Waals surface area contributed by atoms with Crippen molar-refractivity contribution >= 4 is 17.2 Å². The molecule has 2 aromatic heterocycles. The largest absolute Gasteiger partial charge is 0.337 e. The molecule has 0 unspecified atom stereocenters. The van der Waals surface area contributed by atoms with Crippen LogP contribution in [0, 0.1) is 0 Å². The van der Waals surface area contributed by atoms with Gasteiger partial charge in [0.2, 0.25) is 0 Å². The Labute approximate surface area is 159 Å². The molecular formula is C20H28N4OS. The molecule has 0 saturated carbocycles. The summed E-state index contributed by atoms with van der Waals surface area (Å²) >= 11 is 1.79. The number of likely N-dealkylation sites (tertiary alicyclic amines) is 1. The molecule has 3 heterocycles. The molecule has 1 aliphatic heterocycles. The van der Waals surface area contributed by atoms with Crippen LogP contribution >= 0.6 is 11.3 Å². The Bertz CT molecular complexity index is 746. The summed E-state index contributed by atoms with van der Waals surface area (Å²) in [5.74, 6) is 0.146. The Balaban J connectivity index is 1.53. The molecule has 140 valence electrons. The lowest BCUT2D eigenvalue weighted by Crippen LogP contribution is -2.35. The fourth-order valence-corrected chi connectivity index (χ4v) is 4.81. The summed E-state index contributed by atoms with van der Waals surface area (Å²) in [6.07, 6.45) is 6.33. The van der Waals surface area contributed by atoms with Gasteiger partial charge in [-0.15, -0.1) is 11.3 Å². The Morgan fingerprint density at radius 1 is 1.38 bits per heavy atom. The van der Waals surface area contributed by atoms with Crippen LogP contribution in [0.3, 0.4) is 0 Å². The first-order valence-electron chi connectivity index (χ1n) is 9.90. The maximum atomic E-state index is 13.0. The monoisotopic (exact) mass is 372 g/mol. The molecule has 1 saturated heterocycles. The normalized spacial score (nSPS) is 19.7. The highest BCUT2D eigenvalue weighted by molar-refractivity contribution is 7.09. The number of thiophene rings is 1. The van der Waals surface area contributed by atoms with Crippen molar-refractivity contribution < 1.29 is 4.79 Å². The van der Waals surface area contributed by atoms with Crippen LogP contribution < -0.4 is 5.32 Å². The molecule has 0 bridgehead atoms. The second-order valence-electron chi connectivity index (χ2n) is 7.40. The van der Waals surface area contributed by atoms with E-state index in [4.69, 9.17) is 5.10 Å². The second-order valence-corrected chi connectivity index (χ2v) is 8.43. The van der Waals surface area contributed by atoms with Crippen LogP contribution in [0.5, 0.6) is 0 Å². The molecule has 1 amide bonds. The molecule has 26 heavy (non-hydrogen) atoms. The molecule has 2 aromatic rings. The molecule has 0 spiro atoms. The van der Waals surface area contributed by atoms with Gasteiger partial charge >= 0.3 is 0 Å². The molecule has 1 fully saturated rings. The van der Waals surface area contributed by atoms with Crippen LogP contribution in [0.25, 0.3) is 0 Å². The van der Waals surface area contributed by atoms with E-state index < -0.39 is 0 Å². The molecule has 1 aliphatic carbocycles. The van der Waals surface area contributed by atoms with Crippen LogP contribution in [0.4, 0.5) is 0 Å². The number of carbonyl (C=O) groups excluding carboxylic acids is 1. The van der Waals surface area contributed by atoms with Crippen molar-refractivity contribution in [1.29, 1.82) is 0 Å². The summed E-state index contributed by atoms with van der Waals surface area (Å²) in [6.45, 7) is 5.76. The highest BCUT2D eigenvalue weighted by Gasteiger charge is 2.31. The average Bonchev–Trinajstić information content (AvgIpc) is 3.41. The van der Waals surface area contributed by atoms with E-state index in [2.05, 4.69) is 34.4 Å². The van der Waals surface area contributed by atoms with Gasteiger partial charge in [-0.25, -0.2) is 0 Å². The highest BCUT2D eigenvalue weighted by atomic mass is 32.1. The fraction of sp³-hybridized carbons (Fsp3) is 0.600. The predicted molar refractivity (Wildman–Crippen MR) is 105 cm³/mol. The topological polar surface area (TPSA) is 50.2 Å². The molecule has 6 heteroatoms. The van der Waals surface area contributed by atoms with Gasteiger partial charge in [0.25, 0.3) is 5.91 Å². The number of nitrogens with zero attached hydrogens (tertiary/aromatic N) is 3. The second kappa shape index (κ2) is 7.92. The van der Waals surface area contributed by atoms with Gasteiger partial charge in [0.05, 0.1) is 0 Å². The molecule has 0 radical (unpaired) electrons. The van der Waals surface area contributed by atoms with E-state index in [1.165, 1.54) is 16.1 Å². The molecule has 0 aromatic carbocycles. The van der Waals surface area contributed by atoms with E-state index in [9.17, 15) is 4.79 Å². The van der Waals surface area contributed by atoms with Gasteiger partial charge in [-0.3, -0.25) is 9.48 Å². The number of aromatic nitrogens is 2. The number of hydrogen-bond donors (Lipinski definition) is 1. The number of carbonyl (C=O) groups is 1. The number of nitrogens with one attached hydrogen (secondary N) is 1. The van der Waals surface area contributed by atoms with Gasteiger partial charge < -0.3 is 10.2 Å². The molecule has 1 atom stereocenters. The Hall–Kier alpha value is -1.66. The predicted octanol–water partition coefficient (Wildman–Crippen LogP) is 3.24. The van der Waals surface area contributed by atoms with Crippen LogP contribution in [0.15, 0.2) is 17.5 Å². The minimum absolute atomic E-state index is 0.146. The van der Waals surface area contributed by atoms with E-state index in [1.54, 1.807) is 11.3 Å². The number of fused-ring (bicyclic) bond motifs is 1. The van der Waals surface area contributed by atoms with Gasteiger partial charge in [-0.2, -0.15) is 5.10 Å². The fourth-order valence-electron chi connectivity index (χ4n) is 4.16. The number of rotatable bonds is 6. The minimum atomic E-state index is 0.146. The molecule has 1 N–H and O–H groups in total. The summed E-state index contributed by atoms with van der Waals surface area (Å²) in [7, 11) is 0. The third-order valence-electron chi connectivity index (χ3n) is 5.52. The third-order valence-corrected chi connectivity index (χ3v) is 6.40. The average molecular weight is 373 g/mol. The summed E-state index contributed by atoms with van der Waals surface area (Å²) in [6, 6.07) is 4.70. The van der Waals surface area contributed by atoms with Crippen molar-refractivity contribution in [2.45, 2.75) is 64.6 Å². The molecule has 5 nitrogen and oxygen atoms in total. The Morgan fingerprint density at radius 3 is 2.96 bits per heavy atom. The van der Waals surface area contributed by atoms with Gasteiger partial charge in [0.1, 0.15) is 0 Å². The van der Waals surface area contributed by atoms with Gasteiger partial charge in [0.15, 0.2) is 5.69 Å². The number of aryl methyl sites for hydroxylation is 1. The molecule has 2 aliphatic rings. The zero-order valence-corrected chi connectivity index (χ0v) is 16.4. The zero-order valence-electron chi connectivity index (χ0n) is 15.5. The first-order chi connectivity index (χ1) is 12.8. The van der Waals surface area contributed by atoms with Crippen LogP contribution in [0.1, 0.15) is 59.2 Å². The lowest BCUT2D eigenvalue weighted by molar-refractivity contribution is 0.0784. The first-order valence-corrected chi connectivity index (χ1v) is 10.8. The lowest BCUT2D eigenvalue weighted by Gasteiger charge is -2.25. The highest BCUT2D eigenvalue weighted by Crippen LogP contribution is 2.27. The van der Waals surface area contributed by atoms with Crippen molar-refractivity contribution in [3.63, 3.8) is 0 Å². The third kappa shape index (κ3) is 3.58. The number of amides is 1. The summed E-state index contributed by atoms with van der Waals surface area (Å²) < 4.78 is 2.11. The maximum Gasteiger partial charge on any atom is 0.274 e. The smallest absolute Gasteiger partial charge is 0.274 e. The number of hydrogen-bond acceptors (Lipinski definition) is 4. The maximum absolute atomic E-state index is 13.0. The molecule has 4 rings (SSSR count). The van der Waals surface area contributed by atoms with Crippen molar-refractivity contribution in [2.24, 2.45) is 0 Å². The van der Waals surface area contributed by atoms with E-state index in [0.717, 1.165) is 70.4 Å². The van der Waals surface area contributed by atoms with Crippen molar-refractivity contribution in [3.05, 3.63) is 39.3 Å². The first kappa shape index (κ1) is 17.7. The Morgan fingerprint density at radius 2 is 2.23 bits per heavy atom. The Kier molecular flexibility index (Phi) is 5.41. The van der Waals surface area contributed by atoms with E-state index >= 15 is 0 Å². The van der Waals surface area contributed by atoms with Crippen LogP contribution in [0.2, 0.25) is 0 Å². The quantitative estimate of drug-likeness (QED) is 0.847. The van der Waals surface area contributed by atoms with E-state index in [1.807, 2.05) is 4.90 Å². The van der Waals surface area contributed by atoms with Gasteiger partial charge in [0, 0.05) is 48.4 Å². The summed E-state index contributed by atoms with van der Waals surface area (Å²) in [5, 5.41) is 10.6. The summed E-state index contributed by atoms with van der Waals surface area (Å²) in [5.41, 5.74) is 3.21. The zero-order chi connectivity index (χ0) is 17.9. The van der Waals surface area contributed by atoms with Crippen molar-refractivity contribution in [3.8, 4) is 0 Å². The van der Waals surface area contributed by atoms with Crippen LogP contribution in [-0.4, -0.2) is 39.7 Å². The summed E-state index contributed by atoms with van der Waals surface area (Å²) in [4.78, 5) is 16.4. The van der Waals surface area contributed by atoms with Gasteiger partial charge in [-0.05, 0) is 50.0 Å². The van der Waals surface area contributed by atoms with E-state index in [0.29, 0.717) is 6.04 Å². The standard InChI is InChI=1S/C20H28N4OS/c1-2-9-24-18-8-7-15(21-14-16-6-5-12-26-16)13-17(18)19(22-24)20(25)23-10-3-4-11-23/h5-6,12,15,21H,2-4,7-11,13-14H2,1H3/t15-/m0/s1. The van der Waals surface area contributed by atoms with Crippen LogP contribution in [-0.2, 0) is 25.9 Å². The lowest BCUT2D eigenvalue weighted by atomic mass is 9.91. The minimum Gasteiger partial charge on any atom is -0.337 e. The van der Waals surface area contributed by atoms with E-state index in [-0.39, 0.29) is 5.91 Å². The molecular weight excluding hydrogens is 344 g/mol. The van der Waals surface area contributed by atoms with Gasteiger partial charge in [-0.1, -0.05) is 13.0 Å². The van der Waals surface area contributed by atoms with Crippen molar-refractivity contribution in [1.82, 2.24) is 20.0 Å². The van der Waals surface area contributed by atoms with Crippen molar-refractivity contribution in [2.75, 3.05) is 13.1 Å². The SMILES string of the molecule is CCCn1nc(C(=O)N2CCCC2)c2c1CC[C@H](NCc1cccs1)C2.